The number of amides is 2. The van der Waals surface area contributed by atoms with Crippen molar-refractivity contribution in [3.63, 3.8) is 0 Å². The van der Waals surface area contributed by atoms with Crippen LogP contribution in [0.3, 0.4) is 0 Å². The van der Waals surface area contributed by atoms with Crippen LogP contribution in [-0.4, -0.2) is 58.0 Å². The fourth-order valence-corrected chi connectivity index (χ4v) is 7.51. The summed E-state index contributed by atoms with van der Waals surface area (Å²) in [6.45, 7) is -0.543. The smallest absolute Gasteiger partial charge is 0.264 e. The minimum atomic E-state index is -4.28. The molecular formula is C37H40ClN3O6S. The molecule has 1 saturated carbocycles. The molecule has 0 unspecified atom stereocenters. The lowest BCUT2D eigenvalue weighted by molar-refractivity contribution is -0.140. The van der Waals surface area contributed by atoms with E-state index >= 15 is 0 Å². The molecule has 1 aliphatic carbocycles. The van der Waals surface area contributed by atoms with E-state index < -0.39 is 28.5 Å². The van der Waals surface area contributed by atoms with Gasteiger partial charge in [0, 0.05) is 24.0 Å². The van der Waals surface area contributed by atoms with Crippen molar-refractivity contribution in [2.24, 2.45) is 0 Å². The highest BCUT2D eigenvalue weighted by atomic mass is 35.5. The summed E-state index contributed by atoms with van der Waals surface area (Å²) >= 11 is 6.32. The third-order valence-electron chi connectivity index (χ3n) is 8.48. The van der Waals surface area contributed by atoms with Crippen LogP contribution in [0.25, 0.3) is 0 Å². The Kier molecular flexibility index (Phi) is 11.6. The predicted octanol–water partition coefficient (Wildman–Crippen LogP) is 6.25. The largest absolute Gasteiger partial charge is 0.497 e. The van der Waals surface area contributed by atoms with Gasteiger partial charge in [0.1, 0.15) is 24.1 Å². The fourth-order valence-electron chi connectivity index (χ4n) is 5.92. The second-order valence-electron chi connectivity index (χ2n) is 11.7. The van der Waals surface area contributed by atoms with Gasteiger partial charge in [0.05, 0.1) is 24.8 Å². The first-order valence-corrected chi connectivity index (χ1v) is 17.7. The average Bonchev–Trinajstić information content (AvgIpc) is 3.62. The number of carbonyl (C=O) groups excluding carboxylic acids is 2. The molecule has 4 aromatic rings. The summed E-state index contributed by atoms with van der Waals surface area (Å²) in [5, 5.41) is 3.49. The number of rotatable bonds is 14. The summed E-state index contributed by atoms with van der Waals surface area (Å²) in [6.07, 6.45) is 4.03. The Morgan fingerprint density at radius 3 is 2.17 bits per heavy atom. The van der Waals surface area contributed by atoms with Gasteiger partial charge in [-0.25, -0.2) is 8.42 Å². The maximum absolute atomic E-state index is 14.7. The van der Waals surface area contributed by atoms with E-state index in [9.17, 15) is 18.0 Å². The first-order valence-electron chi connectivity index (χ1n) is 15.9. The van der Waals surface area contributed by atoms with Gasteiger partial charge in [-0.05, 0) is 78.6 Å². The zero-order chi connectivity index (χ0) is 34.1. The van der Waals surface area contributed by atoms with Gasteiger partial charge >= 0.3 is 0 Å². The summed E-state index contributed by atoms with van der Waals surface area (Å²) in [7, 11) is -1.23. The van der Waals surface area contributed by atoms with Crippen molar-refractivity contribution in [1.29, 1.82) is 0 Å². The van der Waals surface area contributed by atoms with Crippen LogP contribution in [0.2, 0.25) is 5.02 Å². The van der Waals surface area contributed by atoms with E-state index in [-0.39, 0.29) is 35.5 Å². The molecule has 0 aromatic heterocycles. The maximum Gasteiger partial charge on any atom is 0.264 e. The Bertz CT molecular complexity index is 1800. The molecule has 0 saturated heterocycles. The topological polar surface area (TPSA) is 105 Å². The molecule has 0 heterocycles. The Labute approximate surface area is 287 Å². The molecule has 0 spiro atoms. The van der Waals surface area contributed by atoms with Crippen LogP contribution in [-0.2, 0) is 32.6 Å². The average molecular weight is 690 g/mol. The number of ether oxygens (including phenoxy) is 2. The molecule has 0 aliphatic heterocycles. The third-order valence-corrected chi connectivity index (χ3v) is 10.5. The van der Waals surface area contributed by atoms with E-state index in [4.69, 9.17) is 21.1 Å². The lowest BCUT2D eigenvalue weighted by Crippen LogP contribution is -2.54. The van der Waals surface area contributed by atoms with Crippen LogP contribution < -0.4 is 19.1 Å². The van der Waals surface area contributed by atoms with Gasteiger partial charge in [0.2, 0.25) is 11.8 Å². The molecule has 4 aromatic carbocycles. The number of nitrogens with zero attached hydrogens (tertiary/aromatic N) is 2. The zero-order valence-electron chi connectivity index (χ0n) is 27.0. The molecule has 252 valence electrons. The van der Waals surface area contributed by atoms with Gasteiger partial charge in [-0.3, -0.25) is 13.9 Å². The van der Waals surface area contributed by atoms with Gasteiger partial charge < -0.3 is 19.7 Å². The Morgan fingerprint density at radius 1 is 0.833 bits per heavy atom. The van der Waals surface area contributed by atoms with Crippen LogP contribution in [0.4, 0.5) is 5.69 Å². The summed E-state index contributed by atoms with van der Waals surface area (Å²) in [5.74, 6) is 0.241. The highest BCUT2D eigenvalue weighted by Gasteiger charge is 2.35. The fraction of sp³-hybridized carbons (Fsp3) is 0.297. The molecule has 1 aliphatic rings. The molecular weight excluding hydrogens is 650 g/mol. The number of anilines is 1. The number of nitrogens with one attached hydrogen (secondary N) is 1. The van der Waals surface area contributed by atoms with Crippen molar-refractivity contribution in [3.05, 3.63) is 119 Å². The number of hydrogen-bond acceptors (Lipinski definition) is 6. The Hall–Kier alpha value is -4.54. The lowest BCUT2D eigenvalue weighted by atomic mass is 10.0. The number of benzene rings is 4. The normalized spacial score (nSPS) is 13.8. The van der Waals surface area contributed by atoms with Crippen LogP contribution in [0, 0.1) is 0 Å². The van der Waals surface area contributed by atoms with E-state index in [1.54, 1.807) is 49.6 Å². The molecule has 9 nitrogen and oxygen atoms in total. The summed E-state index contributed by atoms with van der Waals surface area (Å²) < 4.78 is 40.2. The minimum Gasteiger partial charge on any atom is -0.497 e. The number of sulfonamides is 1. The Morgan fingerprint density at radius 2 is 1.50 bits per heavy atom. The van der Waals surface area contributed by atoms with Crippen molar-refractivity contribution in [1.82, 2.24) is 10.2 Å². The minimum absolute atomic E-state index is 0.0166. The SMILES string of the molecule is COc1ccc(S(=O)(=O)N(CC(=O)N(Cc2cccc(OC)c2)[C@@H](Cc2ccccc2)C(=O)NC2CCCC2)c2cccc(Cl)c2)cc1. The number of hydrogen-bond donors (Lipinski definition) is 1. The number of methoxy groups -OCH3 is 2. The van der Waals surface area contributed by atoms with E-state index in [1.807, 2.05) is 42.5 Å². The van der Waals surface area contributed by atoms with E-state index in [0.29, 0.717) is 16.5 Å². The second kappa shape index (κ2) is 16.0. The standard InChI is InChI=1S/C37H40ClN3O6S/c1-46-32-18-20-34(21-19-32)48(44,45)41(31-16-9-13-29(38)24-31)26-36(42)40(25-28-12-8-17-33(22-28)47-2)35(23-27-10-4-3-5-11-27)37(43)39-30-14-6-7-15-30/h3-5,8-13,16-22,24,30,35H,6-7,14-15,23,25-26H2,1-2H3,(H,39,43)/t35-/m0/s1. The highest BCUT2D eigenvalue weighted by molar-refractivity contribution is 7.92. The van der Waals surface area contributed by atoms with Crippen molar-refractivity contribution in [2.45, 2.75) is 55.6 Å². The predicted molar refractivity (Wildman–Crippen MR) is 187 cm³/mol. The molecule has 0 radical (unpaired) electrons. The summed E-state index contributed by atoms with van der Waals surface area (Å²) in [4.78, 5) is 30.3. The molecule has 1 atom stereocenters. The van der Waals surface area contributed by atoms with Gasteiger partial charge in [0.25, 0.3) is 10.0 Å². The molecule has 1 N–H and O–H groups in total. The van der Waals surface area contributed by atoms with Gasteiger partial charge in [0.15, 0.2) is 0 Å². The summed E-state index contributed by atoms with van der Waals surface area (Å²) in [5.41, 5.74) is 1.80. The first-order chi connectivity index (χ1) is 23.2. The molecule has 11 heteroatoms. The highest BCUT2D eigenvalue weighted by Crippen LogP contribution is 2.28. The van der Waals surface area contributed by atoms with Crippen LogP contribution in [0.15, 0.2) is 108 Å². The number of halogens is 1. The third kappa shape index (κ3) is 8.67. The van der Waals surface area contributed by atoms with E-state index in [2.05, 4.69) is 5.32 Å². The van der Waals surface area contributed by atoms with Crippen LogP contribution >= 0.6 is 11.6 Å². The molecule has 2 amide bonds. The van der Waals surface area contributed by atoms with Gasteiger partial charge in [-0.1, -0.05) is 73.0 Å². The van der Waals surface area contributed by atoms with Gasteiger partial charge in [-0.15, -0.1) is 0 Å². The first kappa shape index (κ1) is 34.8. The van der Waals surface area contributed by atoms with Crippen molar-refractivity contribution in [3.8, 4) is 11.5 Å². The molecule has 48 heavy (non-hydrogen) atoms. The Balaban J connectivity index is 1.57. The molecule has 1 fully saturated rings. The van der Waals surface area contributed by atoms with Crippen molar-refractivity contribution < 1.29 is 27.5 Å². The van der Waals surface area contributed by atoms with Crippen LogP contribution in [0.1, 0.15) is 36.8 Å². The zero-order valence-corrected chi connectivity index (χ0v) is 28.6. The molecule has 0 bridgehead atoms. The monoisotopic (exact) mass is 689 g/mol. The van der Waals surface area contributed by atoms with Crippen molar-refractivity contribution in [2.75, 3.05) is 25.1 Å². The number of carbonyl (C=O) groups is 2. The van der Waals surface area contributed by atoms with E-state index in [1.165, 1.54) is 30.2 Å². The van der Waals surface area contributed by atoms with Crippen molar-refractivity contribution >= 4 is 39.1 Å². The quantitative estimate of drug-likeness (QED) is 0.168. The summed E-state index contributed by atoms with van der Waals surface area (Å²) in [6, 6.07) is 28.1. The molecule has 5 rings (SSSR count). The lowest BCUT2D eigenvalue weighted by Gasteiger charge is -2.34. The van der Waals surface area contributed by atoms with Crippen LogP contribution in [0.5, 0.6) is 11.5 Å². The van der Waals surface area contributed by atoms with E-state index in [0.717, 1.165) is 41.1 Å². The van der Waals surface area contributed by atoms with Gasteiger partial charge in [-0.2, -0.15) is 0 Å². The maximum atomic E-state index is 14.7. The second-order valence-corrected chi connectivity index (χ2v) is 14.0.